The van der Waals surface area contributed by atoms with Crippen molar-refractivity contribution in [3.05, 3.63) is 174 Å². The van der Waals surface area contributed by atoms with Crippen molar-refractivity contribution in [1.82, 2.24) is 0 Å². The molecule has 4 bridgehead atoms. The molecule has 0 N–H and O–H groups in total. The smallest absolute Gasteiger partial charge is 0.252 e. The van der Waals surface area contributed by atoms with Crippen LogP contribution >= 0.6 is 0 Å². The summed E-state index contributed by atoms with van der Waals surface area (Å²) in [5, 5.41) is 0. The van der Waals surface area contributed by atoms with Gasteiger partial charge in [0.2, 0.25) is 0 Å². The van der Waals surface area contributed by atoms with Crippen LogP contribution in [0.2, 0.25) is 0 Å². The minimum atomic E-state index is 0.136. The number of anilines is 6. The lowest BCUT2D eigenvalue weighted by atomic mass is 9.33. The molecule has 7 aromatic carbocycles. The third-order valence-electron chi connectivity index (χ3n) is 17.4. The molecule has 2 heterocycles. The zero-order valence-corrected chi connectivity index (χ0v) is 33.4. The number of hydrogen-bond acceptors (Lipinski definition) is 2. The lowest BCUT2D eigenvalue weighted by Crippen LogP contribution is -2.61. The Morgan fingerprint density at radius 2 is 0.898 bits per heavy atom. The van der Waals surface area contributed by atoms with Crippen LogP contribution in [0.25, 0.3) is 22.3 Å². The van der Waals surface area contributed by atoms with E-state index in [4.69, 9.17) is 0 Å². The van der Waals surface area contributed by atoms with Crippen molar-refractivity contribution in [2.75, 3.05) is 9.80 Å². The summed E-state index contributed by atoms with van der Waals surface area (Å²) in [5.41, 5.74) is 24.4. The maximum absolute atomic E-state index is 2.63. The minimum absolute atomic E-state index is 0.136. The molecule has 0 aromatic heterocycles. The highest BCUT2D eigenvalue weighted by Crippen LogP contribution is 2.67. The summed E-state index contributed by atoms with van der Waals surface area (Å²) in [7, 11) is 0. The van der Waals surface area contributed by atoms with Crippen molar-refractivity contribution >= 4 is 57.2 Å². The van der Waals surface area contributed by atoms with Crippen LogP contribution in [0.4, 0.5) is 34.1 Å². The third-order valence-corrected chi connectivity index (χ3v) is 17.4. The predicted molar refractivity (Wildman–Crippen MR) is 244 cm³/mol. The molecule has 4 saturated carbocycles. The zero-order chi connectivity index (χ0) is 38.2. The first-order chi connectivity index (χ1) is 29.2. The molecule has 0 saturated heterocycles. The summed E-state index contributed by atoms with van der Waals surface area (Å²) in [5.74, 6) is 3.20. The van der Waals surface area contributed by atoms with Crippen molar-refractivity contribution < 1.29 is 0 Å². The van der Waals surface area contributed by atoms with Gasteiger partial charge in [0.1, 0.15) is 0 Å². The van der Waals surface area contributed by atoms with Gasteiger partial charge in [0.25, 0.3) is 6.71 Å². The number of fused-ring (bicyclic) bond motifs is 20. The molecule has 2 aliphatic heterocycles. The van der Waals surface area contributed by atoms with E-state index in [0.717, 1.165) is 23.7 Å². The highest BCUT2D eigenvalue weighted by atomic mass is 15.2. The van der Waals surface area contributed by atoms with Crippen LogP contribution in [0.15, 0.2) is 152 Å². The number of rotatable bonds is 2. The SMILES string of the molecule is c1ccc2c(c1)B1c3ccccc3N(c3ccc4c(c3)[C@]3(C[C@H]5CC[C@@H]3C5)c3ccccc3-4)c3cccc(c31)N2c1ccc2c(c1)-c1ccccc1[C@]21C[C@@H]2CCC1C2. The van der Waals surface area contributed by atoms with E-state index >= 15 is 0 Å². The number of para-hydroxylation sites is 2. The first-order valence-corrected chi connectivity index (χ1v) is 22.6. The fourth-order valence-corrected chi connectivity index (χ4v) is 15.4. The molecule has 4 fully saturated rings. The van der Waals surface area contributed by atoms with Crippen LogP contribution in [0.3, 0.4) is 0 Å². The Balaban J connectivity index is 0.934. The highest BCUT2D eigenvalue weighted by Gasteiger charge is 2.58. The van der Waals surface area contributed by atoms with Crippen molar-refractivity contribution in [3.63, 3.8) is 0 Å². The van der Waals surface area contributed by atoms with E-state index < -0.39 is 0 Å². The lowest BCUT2D eigenvalue weighted by Gasteiger charge is -2.44. The fraction of sp³-hybridized carbons (Fsp3) is 0.250. The summed E-state index contributed by atoms with van der Waals surface area (Å²) in [6.45, 7) is 0.143. The Morgan fingerprint density at radius 3 is 1.51 bits per heavy atom. The van der Waals surface area contributed by atoms with Gasteiger partial charge >= 0.3 is 0 Å². The van der Waals surface area contributed by atoms with E-state index in [1.54, 1.807) is 22.3 Å². The molecular formula is C56H45BN2. The molecule has 0 radical (unpaired) electrons. The van der Waals surface area contributed by atoms with Gasteiger partial charge in [-0.3, -0.25) is 0 Å². The van der Waals surface area contributed by atoms with Gasteiger partial charge in [-0.05, 0) is 172 Å². The molecule has 8 aliphatic rings. The Bertz CT molecular complexity index is 3000. The summed E-state index contributed by atoms with van der Waals surface area (Å²) >= 11 is 0. The third kappa shape index (κ3) is 3.80. The van der Waals surface area contributed by atoms with Gasteiger partial charge in [0.05, 0.1) is 0 Å². The molecule has 6 atom stereocenters. The molecular weight excluding hydrogens is 711 g/mol. The first-order valence-electron chi connectivity index (χ1n) is 22.6. The van der Waals surface area contributed by atoms with Crippen molar-refractivity contribution in [1.29, 1.82) is 0 Å². The van der Waals surface area contributed by atoms with Crippen molar-refractivity contribution in [3.8, 4) is 22.3 Å². The second-order valence-corrected chi connectivity index (χ2v) is 19.6. The van der Waals surface area contributed by atoms with Gasteiger partial charge in [-0.1, -0.05) is 116 Å². The summed E-state index contributed by atoms with van der Waals surface area (Å²) in [4.78, 5) is 5.23. The molecule has 59 heavy (non-hydrogen) atoms. The molecule has 7 aromatic rings. The van der Waals surface area contributed by atoms with Crippen LogP contribution in [0.5, 0.6) is 0 Å². The average Bonchev–Trinajstić information content (AvgIpc) is 4.17. The first kappa shape index (κ1) is 32.1. The van der Waals surface area contributed by atoms with Gasteiger partial charge in [0.15, 0.2) is 0 Å². The van der Waals surface area contributed by atoms with Crippen LogP contribution in [0.1, 0.15) is 73.6 Å². The predicted octanol–water partition coefficient (Wildman–Crippen LogP) is 11.9. The Morgan fingerprint density at radius 1 is 0.407 bits per heavy atom. The van der Waals surface area contributed by atoms with E-state index in [9.17, 15) is 0 Å². The maximum atomic E-state index is 2.63. The van der Waals surface area contributed by atoms with Gasteiger partial charge < -0.3 is 9.80 Å². The van der Waals surface area contributed by atoms with E-state index in [0.29, 0.717) is 0 Å². The van der Waals surface area contributed by atoms with E-state index in [-0.39, 0.29) is 17.5 Å². The molecule has 282 valence electrons. The molecule has 3 heteroatoms. The largest absolute Gasteiger partial charge is 0.311 e. The van der Waals surface area contributed by atoms with Gasteiger partial charge in [-0.2, -0.15) is 0 Å². The monoisotopic (exact) mass is 756 g/mol. The quantitative estimate of drug-likeness (QED) is 0.162. The lowest BCUT2D eigenvalue weighted by molar-refractivity contribution is 0.327. The molecule has 6 aliphatic carbocycles. The number of benzene rings is 7. The second-order valence-electron chi connectivity index (χ2n) is 19.6. The average molecular weight is 757 g/mol. The van der Waals surface area contributed by atoms with Crippen LogP contribution < -0.4 is 26.2 Å². The van der Waals surface area contributed by atoms with Crippen molar-refractivity contribution in [2.24, 2.45) is 23.7 Å². The fourth-order valence-electron chi connectivity index (χ4n) is 15.4. The van der Waals surface area contributed by atoms with E-state index in [2.05, 4.69) is 161 Å². The summed E-state index contributed by atoms with van der Waals surface area (Å²) in [6.07, 6.45) is 10.9. The maximum Gasteiger partial charge on any atom is 0.252 e. The summed E-state index contributed by atoms with van der Waals surface area (Å²) < 4.78 is 0. The van der Waals surface area contributed by atoms with Crippen molar-refractivity contribution in [2.45, 2.75) is 62.2 Å². The molecule has 0 amide bonds. The van der Waals surface area contributed by atoms with Crippen LogP contribution in [-0.2, 0) is 10.8 Å². The Labute approximate surface area is 347 Å². The Kier molecular flexibility index (Phi) is 6.02. The van der Waals surface area contributed by atoms with E-state index in [1.807, 2.05) is 0 Å². The molecule has 15 rings (SSSR count). The van der Waals surface area contributed by atoms with Gasteiger partial charge in [-0.15, -0.1) is 0 Å². The number of nitrogens with zero attached hydrogens (tertiary/aromatic N) is 2. The molecule has 2 spiro atoms. The Hall–Kier alpha value is -5.80. The number of hydrogen-bond donors (Lipinski definition) is 0. The highest BCUT2D eigenvalue weighted by molar-refractivity contribution is 7.00. The van der Waals surface area contributed by atoms with Gasteiger partial charge in [0, 0.05) is 45.0 Å². The van der Waals surface area contributed by atoms with Gasteiger partial charge in [-0.25, -0.2) is 0 Å². The van der Waals surface area contributed by atoms with E-state index in [1.165, 1.54) is 124 Å². The topological polar surface area (TPSA) is 6.48 Å². The minimum Gasteiger partial charge on any atom is -0.311 e. The van der Waals surface area contributed by atoms with Crippen LogP contribution in [0, 0.1) is 23.7 Å². The zero-order valence-electron chi connectivity index (χ0n) is 33.4. The molecule has 2 nitrogen and oxygen atoms in total. The van der Waals surface area contributed by atoms with Crippen LogP contribution in [-0.4, -0.2) is 6.71 Å². The second kappa shape index (κ2) is 11.1. The normalized spacial score (nSPS) is 27.5. The summed E-state index contributed by atoms with van der Waals surface area (Å²) in [6, 6.07) is 59.6. The standard InChI is InChI=1S/C56H45BN2/c1-3-12-44-40(10-1)42-26-24-39(31-47(42)56(44)33-35-21-23-37(56)29-35)59-51-17-8-6-15-49(51)57-48-14-5-7-16-50(48)58(52-18-9-19-53(59)54(52)57)38-25-27-46-43(30-38)41-11-2-4-13-45(41)55(46)32-34-20-22-36(55)28-34/h1-19,24-27,30-31,34-37H,20-23,28-29,32-33H2/t34-,35+,36?,37-,55-,56+/m1/s1. The molecule has 1 unspecified atom stereocenters.